The number of fused-ring (bicyclic) bond motifs is 2. The fourth-order valence-corrected chi connectivity index (χ4v) is 6.08. The van der Waals surface area contributed by atoms with E-state index >= 15 is 0 Å². The topological polar surface area (TPSA) is 33.2 Å². The lowest BCUT2D eigenvalue weighted by Crippen LogP contribution is -2.39. The van der Waals surface area contributed by atoms with Crippen molar-refractivity contribution in [1.82, 2.24) is 9.88 Å². The third kappa shape index (κ3) is 3.83. The summed E-state index contributed by atoms with van der Waals surface area (Å²) in [4.78, 5) is 18.6. The van der Waals surface area contributed by atoms with Crippen LogP contribution < -0.4 is 0 Å². The molecule has 2 aromatic rings. The van der Waals surface area contributed by atoms with Crippen molar-refractivity contribution in [3.63, 3.8) is 0 Å². The first-order valence-electron chi connectivity index (χ1n) is 9.31. The number of aryl methyl sites for hydroxylation is 2. The van der Waals surface area contributed by atoms with E-state index in [2.05, 4.69) is 44.0 Å². The minimum atomic E-state index is 0.171. The molecule has 0 saturated carbocycles. The Morgan fingerprint density at radius 1 is 1.15 bits per heavy atom. The Bertz CT molecular complexity index is 894. The van der Waals surface area contributed by atoms with Crippen molar-refractivity contribution in [2.24, 2.45) is 5.92 Å². The molecule has 3 nitrogen and oxygen atoms in total. The van der Waals surface area contributed by atoms with Crippen molar-refractivity contribution in [3.8, 4) is 0 Å². The highest BCUT2D eigenvalue weighted by atomic mass is 79.9. The van der Waals surface area contributed by atoms with E-state index in [4.69, 9.17) is 16.6 Å². The predicted octanol–water partition coefficient (Wildman–Crippen LogP) is 5.75. The lowest BCUT2D eigenvalue weighted by Gasteiger charge is -2.36. The average Bonchev–Trinajstić information content (AvgIpc) is 2.78. The molecule has 1 atom stereocenters. The van der Waals surface area contributed by atoms with Gasteiger partial charge in [0, 0.05) is 46.1 Å². The van der Waals surface area contributed by atoms with Crippen molar-refractivity contribution in [2.75, 3.05) is 13.1 Å². The zero-order valence-electron chi connectivity index (χ0n) is 15.1. The van der Waals surface area contributed by atoms with Gasteiger partial charge < -0.3 is 4.90 Å². The van der Waals surface area contributed by atoms with Crippen LogP contribution in [0.5, 0.6) is 0 Å². The number of amides is 1. The second-order valence-electron chi connectivity index (χ2n) is 7.48. The molecule has 1 aromatic carbocycles. The summed E-state index contributed by atoms with van der Waals surface area (Å²) in [6, 6.07) is 6.32. The van der Waals surface area contributed by atoms with E-state index < -0.39 is 0 Å². The maximum Gasteiger partial charge on any atom is 0.219 e. The summed E-state index contributed by atoms with van der Waals surface area (Å²) in [5.41, 5.74) is 5.13. The highest BCUT2D eigenvalue weighted by molar-refractivity contribution is 9.10. The van der Waals surface area contributed by atoms with Gasteiger partial charge in [-0.2, -0.15) is 0 Å². The van der Waals surface area contributed by atoms with Crippen LogP contribution in [0.3, 0.4) is 0 Å². The lowest BCUT2D eigenvalue weighted by atomic mass is 9.76. The van der Waals surface area contributed by atoms with E-state index in [1.807, 2.05) is 17.2 Å². The molecule has 6 heteroatoms. The number of carbonyl (C=O) groups is 1. The number of aromatic nitrogens is 1. The van der Waals surface area contributed by atoms with Gasteiger partial charge in [0.2, 0.25) is 5.91 Å². The summed E-state index contributed by atoms with van der Waals surface area (Å²) >= 11 is 13.7. The molecule has 1 aromatic heterocycles. The maximum absolute atomic E-state index is 11.7. The zero-order chi connectivity index (χ0) is 19.1. The largest absolute Gasteiger partial charge is 0.343 e. The minimum Gasteiger partial charge on any atom is -0.343 e. The molecule has 0 N–H and O–H groups in total. The number of likely N-dealkylation sites (tertiary alicyclic amines) is 1. The van der Waals surface area contributed by atoms with Crippen LogP contribution in [0.2, 0.25) is 5.02 Å². The molecule has 0 spiro atoms. The van der Waals surface area contributed by atoms with Crippen molar-refractivity contribution >= 4 is 49.4 Å². The van der Waals surface area contributed by atoms with Crippen LogP contribution in [-0.2, 0) is 17.6 Å². The molecular formula is C21H21Br2ClN2O. The Morgan fingerprint density at radius 2 is 1.85 bits per heavy atom. The van der Waals surface area contributed by atoms with Gasteiger partial charge in [0.1, 0.15) is 0 Å². The maximum atomic E-state index is 11.7. The number of nitrogens with zero attached hydrogens (tertiary/aromatic N) is 2. The normalized spacial score (nSPS) is 20.0. The molecular weight excluding hydrogens is 492 g/mol. The fourth-order valence-electron chi connectivity index (χ4n) is 4.58. The number of piperidine rings is 1. The highest BCUT2D eigenvalue weighted by Gasteiger charge is 2.35. The van der Waals surface area contributed by atoms with Gasteiger partial charge in [-0.05, 0) is 82.4 Å². The molecule has 0 bridgehead atoms. The molecule has 142 valence electrons. The SMILES string of the molecule is CC(=O)N1CCC(C2c3ncc(Br)cc3CCc3cc(Cl)cc(Br)c32)CC1. The summed E-state index contributed by atoms with van der Waals surface area (Å²) in [5, 5.41) is 0.769. The van der Waals surface area contributed by atoms with Crippen LogP contribution >= 0.6 is 43.5 Å². The Kier molecular flexibility index (Phi) is 5.64. The van der Waals surface area contributed by atoms with Crippen molar-refractivity contribution in [1.29, 1.82) is 0 Å². The minimum absolute atomic E-state index is 0.171. The third-order valence-corrected chi connectivity index (χ3v) is 7.18. The van der Waals surface area contributed by atoms with Gasteiger partial charge in [0.05, 0.1) is 5.69 Å². The first-order chi connectivity index (χ1) is 12.9. The molecule has 1 aliphatic carbocycles. The van der Waals surface area contributed by atoms with Crippen LogP contribution in [0.15, 0.2) is 33.3 Å². The van der Waals surface area contributed by atoms with E-state index in [0.29, 0.717) is 5.92 Å². The number of hydrogen-bond donors (Lipinski definition) is 0. The van der Waals surface area contributed by atoms with Crippen molar-refractivity contribution in [2.45, 2.75) is 38.5 Å². The first kappa shape index (κ1) is 19.4. The van der Waals surface area contributed by atoms with Crippen LogP contribution in [0.25, 0.3) is 0 Å². The molecule has 2 aliphatic rings. The van der Waals surface area contributed by atoms with Gasteiger partial charge in [-0.15, -0.1) is 0 Å². The smallest absolute Gasteiger partial charge is 0.219 e. The van der Waals surface area contributed by atoms with Crippen LogP contribution in [-0.4, -0.2) is 28.9 Å². The molecule has 1 saturated heterocycles. The molecule has 1 aliphatic heterocycles. The van der Waals surface area contributed by atoms with Gasteiger partial charge in [-0.1, -0.05) is 27.5 Å². The molecule has 1 unspecified atom stereocenters. The summed E-state index contributed by atoms with van der Waals surface area (Å²) < 4.78 is 2.09. The van der Waals surface area contributed by atoms with Crippen LogP contribution in [0, 0.1) is 5.92 Å². The van der Waals surface area contributed by atoms with Gasteiger partial charge in [0.25, 0.3) is 0 Å². The van der Waals surface area contributed by atoms with E-state index in [0.717, 1.165) is 52.7 Å². The molecule has 1 amide bonds. The number of hydrogen-bond acceptors (Lipinski definition) is 2. The first-order valence-corrected chi connectivity index (χ1v) is 11.3. The van der Waals surface area contributed by atoms with Gasteiger partial charge in [-0.25, -0.2) is 0 Å². The van der Waals surface area contributed by atoms with E-state index in [1.165, 1.54) is 22.4 Å². The highest BCUT2D eigenvalue weighted by Crippen LogP contribution is 2.46. The average molecular weight is 513 g/mol. The third-order valence-electron chi connectivity index (χ3n) is 5.87. The molecule has 0 radical (unpaired) electrons. The molecule has 4 rings (SSSR count). The molecule has 1 fully saturated rings. The lowest BCUT2D eigenvalue weighted by molar-refractivity contribution is -0.130. The Balaban J connectivity index is 1.80. The number of carbonyl (C=O) groups excluding carboxylic acids is 1. The van der Waals surface area contributed by atoms with E-state index in [9.17, 15) is 4.79 Å². The molecule has 2 heterocycles. The van der Waals surface area contributed by atoms with Gasteiger partial charge in [-0.3, -0.25) is 9.78 Å². The Morgan fingerprint density at radius 3 is 2.56 bits per heavy atom. The molecule has 27 heavy (non-hydrogen) atoms. The number of halogens is 3. The van der Waals surface area contributed by atoms with Crippen LogP contribution in [0.4, 0.5) is 0 Å². The fraction of sp³-hybridized carbons (Fsp3) is 0.429. The predicted molar refractivity (Wildman–Crippen MR) is 115 cm³/mol. The van der Waals surface area contributed by atoms with E-state index in [1.54, 1.807) is 6.92 Å². The standard InChI is InChI=1S/C21H21Br2ClN2O/c1-12(27)26-6-4-13(5-7-26)20-19-14(9-17(24)10-18(19)23)2-3-15-8-16(22)11-25-21(15)20/h8-11,13,20H,2-7H2,1H3. The summed E-state index contributed by atoms with van der Waals surface area (Å²) in [6.45, 7) is 3.31. The second-order valence-corrected chi connectivity index (χ2v) is 9.69. The quantitative estimate of drug-likeness (QED) is 0.488. The number of pyridine rings is 1. The van der Waals surface area contributed by atoms with Gasteiger partial charge in [0.15, 0.2) is 0 Å². The summed E-state index contributed by atoms with van der Waals surface area (Å²) in [5.74, 6) is 0.860. The monoisotopic (exact) mass is 510 g/mol. The summed E-state index contributed by atoms with van der Waals surface area (Å²) in [7, 11) is 0. The zero-order valence-corrected chi connectivity index (χ0v) is 19.1. The number of benzene rings is 1. The van der Waals surface area contributed by atoms with E-state index in [-0.39, 0.29) is 11.8 Å². The van der Waals surface area contributed by atoms with Crippen molar-refractivity contribution < 1.29 is 4.79 Å². The number of rotatable bonds is 1. The Hall–Kier alpha value is -0.910. The second kappa shape index (κ2) is 7.84. The Labute approximate surface area is 181 Å². The summed E-state index contributed by atoms with van der Waals surface area (Å²) in [6.07, 6.45) is 5.82. The van der Waals surface area contributed by atoms with Crippen molar-refractivity contribution in [3.05, 3.63) is 60.7 Å². The van der Waals surface area contributed by atoms with Crippen LogP contribution in [0.1, 0.15) is 48.1 Å². The van der Waals surface area contributed by atoms with Gasteiger partial charge >= 0.3 is 0 Å².